The molecule has 14 heteroatoms. The highest BCUT2D eigenvalue weighted by atomic mass is 35.5. The lowest BCUT2D eigenvalue weighted by atomic mass is 10.1. The number of piperazine rings is 1. The summed E-state index contributed by atoms with van der Waals surface area (Å²) in [5.74, 6) is -2.34. The van der Waals surface area contributed by atoms with Crippen molar-refractivity contribution in [3.63, 3.8) is 0 Å². The van der Waals surface area contributed by atoms with Crippen LogP contribution in [0.15, 0.2) is 42.6 Å². The van der Waals surface area contributed by atoms with Gasteiger partial charge in [-0.15, -0.1) is 0 Å². The summed E-state index contributed by atoms with van der Waals surface area (Å²) in [6, 6.07) is 8.22. The molecule has 10 nitrogen and oxygen atoms in total. The van der Waals surface area contributed by atoms with Gasteiger partial charge >= 0.3 is 6.61 Å². The lowest BCUT2D eigenvalue weighted by molar-refractivity contribution is -0.133. The number of hydrogen-bond acceptors (Lipinski definition) is 6. The van der Waals surface area contributed by atoms with Gasteiger partial charge in [0.15, 0.2) is 17.4 Å². The number of nitrogens with zero attached hydrogens (tertiary/aromatic N) is 4. The van der Waals surface area contributed by atoms with Crippen LogP contribution in [0, 0.1) is 5.82 Å². The summed E-state index contributed by atoms with van der Waals surface area (Å²) in [4.78, 5) is 46.3. The quantitative estimate of drug-likeness (QED) is 0.393. The maximum Gasteiger partial charge on any atom is 0.387 e. The van der Waals surface area contributed by atoms with Gasteiger partial charge < -0.3 is 29.7 Å². The van der Waals surface area contributed by atoms with E-state index in [1.807, 2.05) is 0 Å². The van der Waals surface area contributed by atoms with Crippen molar-refractivity contribution < 1.29 is 32.3 Å². The summed E-state index contributed by atoms with van der Waals surface area (Å²) >= 11 is 6.44. The normalized spacial score (nSPS) is 16.9. The minimum absolute atomic E-state index is 0.00396. The number of carbonyl (C=O) groups is 3. The zero-order valence-corrected chi connectivity index (χ0v) is 24.0. The molecule has 43 heavy (non-hydrogen) atoms. The largest absolute Gasteiger partial charge is 0.432 e. The molecule has 2 N–H and O–H groups in total. The van der Waals surface area contributed by atoms with E-state index >= 15 is 0 Å². The van der Waals surface area contributed by atoms with Crippen LogP contribution in [0.3, 0.4) is 0 Å². The SMILES string of the molecule is Cn1c(-c2ccc(OC(F)F)c(F)c2)cnc1C(=O)Nc1ccc(C(=O)N2CCN(C(=O)C[C@@H]3CCCN3)CC2)c(Cl)c1. The molecule has 0 bridgehead atoms. The third kappa shape index (κ3) is 6.94. The van der Waals surface area contributed by atoms with Gasteiger partial charge in [-0.1, -0.05) is 11.6 Å². The van der Waals surface area contributed by atoms with Crippen LogP contribution in [0.1, 0.15) is 40.2 Å². The van der Waals surface area contributed by atoms with E-state index in [2.05, 4.69) is 20.4 Å². The maximum absolute atomic E-state index is 14.2. The van der Waals surface area contributed by atoms with Crippen LogP contribution in [0.25, 0.3) is 11.3 Å². The second-order valence-corrected chi connectivity index (χ2v) is 10.8. The minimum atomic E-state index is -3.16. The van der Waals surface area contributed by atoms with Crippen LogP contribution in [0.2, 0.25) is 5.02 Å². The summed E-state index contributed by atoms with van der Waals surface area (Å²) in [5.41, 5.74) is 1.26. The minimum Gasteiger partial charge on any atom is -0.432 e. The summed E-state index contributed by atoms with van der Waals surface area (Å²) in [5, 5.41) is 6.16. The molecule has 2 saturated heterocycles. The lowest BCUT2D eigenvalue weighted by Gasteiger charge is -2.35. The van der Waals surface area contributed by atoms with Crippen LogP contribution in [-0.4, -0.2) is 82.4 Å². The first-order valence-electron chi connectivity index (χ1n) is 13.8. The Morgan fingerprint density at radius 3 is 2.51 bits per heavy atom. The summed E-state index contributed by atoms with van der Waals surface area (Å²) in [6.45, 7) is -0.528. The number of benzene rings is 2. The van der Waals surface area contributed by atoms with Crippen molar-refractivity contribution in [3.05, 3.63) is 64.8 Å². The zero-order valence-electron chi connectivity index (χ0n) is 23.3. The van der Waals surface area contributed by atoms with E-state index in [1.165, 1.54) is 29.0 Å². The topological polar surface area (TPSA) is 109 Å². The van der Waals surface area contributed by atoms with Crippen molar-refractivity contribution in [2.24, 2.45) is 7.05 Å². The second kappa shape index (κ2) is 13.0. The highest BCUT2D eigenvalue weighted by Gasteiger charge is 2.28. The number of carbonyl (C=O) groups excluding carboxylic acids is 3. The highest BCUT2D eigenvalue weighted by Crippen LogP contribution is 2.28. The van der Waals surface area contributed by atoms with Gasteiger partial charge in [0, 0.05) is 56.9 Å². The molecule has 0 spiro atoms. The maximum atomic E-state index is 14.2. The summed E-state index contributed by atoms with van der Waals surface area (Å²) in [7, 11) is 1.55. The van der Waals surface area contributed by atoms with E-state index in [0.717, 1.165) is 31.5 Å². The van der Waals surface area contributed by atoms with Gasteiger partial charge in [0.05, 0.1) is 22.5 Å². The first kappa shape index (κ1) is 30.4. The van der Waals surface area contributed by atoms with Crippen LogP contribution in [0.5, 0.6) is 5.75 Å². The molecule has 0 unspecified atom stereocenters. The number of imidazole rings is 1. The standard InChI is InChI=1S/C29H30ClF3N6O4/c1-37-23(17-4-7-24(22(31)13-17)43-29(32)33)16-35-26(37)27(41)36-19-5-6-20(21(30)14-19)28(42)39-11-9-38(10-12-39)25(40)15-18-3-2-8-34-18/h4-7,13-14,16,18,29,34H,2-3,8-12,15H2,1H3,(H,36,41)/t18-/m0/s1. The molecule has 5 rings (SSSR count). The predicted octanol–water partition coefficient (Wildman–Crippen LogP) is 4.16. The molecule has 2 aliphatic rings. The Hall–Kier alpha value is -4.10. The Balaban J connectivity index is 1.19. The highest BCUT2D eigenvalue weighted by molar-refractivity contribution is 6.34. The van der Waals surface area contributed by atoms with Crippen molar-refractivity contribution in [1.29, 1.82) is 0 Å². The van der Waals surface area contributed by atoms with Gasteiger partial charge in [-0.2, -0.15) is 8.78 Å². The van der Waals surface area contributed by atoms with E-state index in [0.29, 0.717) is 49.5 Å². The van der Waals surface area contributed by atoms with Gasteiger partial charge in [0.1, 0.15) is 0 Å². The number of rotatable bonds is 8. The fourth-order valence-electron chi connectivity index (χ4n) is 5.29. The van der Waals surface area contributed by atoms with Crippen LogP contribution >= 0.6 is 11.6 Å². The molecular formula is C29H30ClF3N6O4. The number of nitrogens with one attached hydrogen (secondary N) is 2. The molecule has 3 amide bonds. The van der Waals surface area contributed by atoms with Gasteiger partial charge in [-0.25, -0.2) is 9.37 Å². The fraction of sp³-hybridized carbons (Fsp3) is 0.379. The Morgan fingerprint density at radius 2 is 1.86 bits per heavy atom. The molecule has 2 aromatic carbocycles. The van der Waals surface area contributed by atoms with Crippen molar-refractivity contribution in [2.45, 2.75) is 31.9 Å². The third-order valence-electron chi connectivity index (χ3n) is 7.60. The molecule has 0 radical (unpaired) electrons. The first-order chi connectivity index (χ1) is 20.6. The average Bonchev–Trinajstić information content (AvgIpc) is 3.63. The second-order valence-electron chi connectivity index (χ2n) is 10.4. The van der Waals surface area contributed by atoms with Gasteiger partial charge in [-0.05, 0) is 55.8 Å². The van der Waals surface area contributed by atoms with Crippen LogP contribution in [0.4, 0.5) is 18.9 Å². The van der Waals surface area contributed by atoms with Crippen molar-refractivity contribution >= 4 is 35.0 Å². The molecule has 0 aliphatic carbocycles. The number of amides is 3. The fourth-order valence-corrected chi connectivity index (χ4v) is 5.56. The predicted molar refractivity (Wildman–Crippen MR) is 153 cm³/mol. The smallest absolute Gasteiger partial charge is 0.387 e. The number of halogens is 4. The molecule has 3 aromatic rings. The van der Waals surface area contributed by atoms with E-state index in [-0.39, 0.29) is 34.3 Å². The van der Waals surface area contributed by atoms with Crippen molar-refractivity contribution in [2.75, 3.05) is 38.0 Å². The number of ether oxygens (including phenoxy) is 1. The molecule has 228 valence electrons. The van der Waals surface area contributed by atoms with E-state index in [4.69, 9.17) is 11.6 Å². The summed E-state index contributed by atoms with van der Waals surface area (Å²) < 4.78 is 44.6. The molecule has 3 heterocycles. The van der Waals surface area contributed by atoms with Crippen molar-refractivity contribution in [3.8, 4) is 17.0 Å². The Kier molecular flexibility index (Phi) is 9.21. The first-order valence-corrected chi connectivity index (χ1v) is 14.2. The van der Waals surface area contributed by atoms with E-state index < -0.39 is 24.1 Å². The van der Waals surface area contributed by atoms with Crippen LogP contribution < -0.4 is 15.4 Å². The average molecular weight is 619 g/mol. The number of alkyl halides is 2. The molecule has 2 fully saturated rings. The molecule has 0 saturated carbocycles. The Bertz CT molecular complexity index is 1520. The number of anilines is 1. The lowest BCUT2D eigenvalue weighted by Crippen LogP contribution is -2.51. The Labute approximate surface area is 250 Å². The van der Waals surface area contributed by atoms with E-state index in [1.54, 1.807) is 22.9 Å². The molecule has 1 aromatic heterocycles. The molecule has 2 aliphatic heterocycles. The molecular weight excluding hydrogens is 589 g/mol. The number of aromatic nitrogens is 2. The van der Waals surface area contributed by atoms with Gasteiger partial charge in [0.2, 0.25) is 5.91 Å². The number of hydrogen-bond donors (Lipinski definition) is 2. The van der Waals surface area contributed by atoms with Gasteiger partial charge in [0.25, 0.3) is 11.8 Å². The monoisotopic (exact) mass is 618 g/mol. The van der Waals surface area contributed by atoms with Crippen LogP contribution in [-0.2, 0) is 11.8 Å². The summed E-state index contributed by atoms with van der Waals surface area (Å²) in [6.07, 6.45) is 3.90. The molecule has 1 atom stereocenters. The zero-order chi connectivity index (χ0) is 30.7. The Morgan fingerprint density at radius 1 is 1.12 bits per heavy atom. The van der Waals surface area contributed by atoms with E-state index in [9.17, 15) is 27.6 Å². The van der Waals surface area contributed by atoms with Gasteiger partial charge in [-0.3, -0.25) is 14.4 Å². The van der Waals surface area contributed by atoms with Crippen molar-refractivity contribution in [1.82, 2.24) is 24.7 Å². The third-order valence-corrected chi connectivity index (χ3v) is 7.91.